The molecule has 0 fully saturated rings. The molecule has 4 rings (SSSR count). The Balaban J connectivity index is 1.68. The normalized spacial score (nSPS) is 11.4. The predicted octanol–water partition coefficient (Wildman–Crippen LogP) is 1.11. The molecule has 4 aromatic rings. The number of rotatable bonds is 3. The van der Waals surface area contributed by atoms with Crippen LogP contribution in [0.1, 0.15) is 11.6 Å². The number of aromatic nitrogens is 7. The van der Waals surface area contributed by atoms with Crippen LogP contribution in [-0.2, 0) is 6.54 Å². The number of nitrogens with zero attached hydrogens (tertiary/aromatic N) is 8. The van der Waals surface area contributed by atoms with Crippen LogP contribution < -0.4 is 4.90 Å². The van der Waals surface area contributed by atoms with Crippen molar-refractivity contribution in [2.45, 2.75) is 13.5 Å². The Bertz CT molecular complexity index is 954. The molecule has 110 valence electrons. The van der Waals surface area contributed by atoms with Crippen molar-refractivity contribution in [3.63, 3.8) is 0 Å². The molecule has 0 atom stereocenters. The van der Waals surface area contributed by atoms with Crippen molar-refractivity contribution in [2.75, 3.05) is 11.9 Å². The first-order valence-electron chi connectivity index (χ1n) is 6.91. The van der Waals surface area contributed by atoms with Gasteiger partial charge in [-0.25, -0.2) is 0 Å². The van der Waals surface area contributed by atoms with E-state index in [1.54, 1.807) is 4.52 Å². The van der Waals surface area contributed by atoms with Gasteiger partial charge in [-0.1, -0.05) is 6.07 Å². The van der Waals surface area contributed by atoms with Crippen molar-refractivity contribution in [3.8, 4) is 0 Å². The van der Waals surface area contributed by atoms with Gasteiger partial charge in [-0.05, 0) is 31.2 Å². The lowest BCUT2D eigenvalue weighted by molar-refractivity contribution is 0.779. The second-order valence-corrected chi connectivity index (χ2v) is 5.11. The first-order chi connectivity index (χ1) is 10.7. The second-order valence-electron chi connectivity index (χ2n) is 5.11. The molecule has 8 heteroatoms. The minimum atomic E-state index is 0.602. The molecule has 0 aliphatic heterocycles. The van der Waals surface area contributed by atoms with Gasteiger partial charge in [0, 0.05) is 13.2 Å². The van der Waals surface area contributed by atoms with Crippen molar-refractivity contribution in [1.29, 1.82) is 0 Å². The Morgan fingerprint density at radius 3 is 2.77 bits per heavy atom. The van der Waals surface area contributed by atoms with E-state index in [4.69, 9.17) is 0 Å². The van der Waals surface area contributed by atoms with E-state index < -0.39 is 0 Å². The van der Waals surface area contributed by atoms with Crippen LogP contribution in [0.4, 0.5) is 5.82 Å². The maximum Gasteiger partial charge on any atom is 0.178 e. The second kappa shape index (κ2) is 4.76. The lowest BCUT2D eigenvalue weighted by atomic mass is 10.4. The minimum Gasteiger partial charge on any atom is -0.351 e. The fourth-order valence-corrected chi connectivity index (χ4v) is 2.38. The van der Waals surface area contributed by atoms with Gasteiger partial charge in [0.25, 0.3) is 0 Å². The third-order valence-corrected chi connectivity index (χ3v) is 3.56. The van der Waals surface area contributed by atoms with E-state index in [0.717, 1.165) is 28.8 Å². The van der Waals surface area contributed by atoms with Gasteiger partial charge < -0.3 is 4.90 Å². The standard InChI is InChI=1S/C14H14N8/c1-10-15-17-12-6-7-13(19-22(10)12)20(2)9-14-18-16-11-5-3-4-8-21(11)14/h3-8H,9H2,1-2H3. The number of aryl methyl sites for hydroxylation is 1. The van der Waals surface area contributed by atoms with Gasteiger partial charge in [0.1, 0.15) is 5.82 Å². The molecule has 0 bridgehead atoms. The molecule has 4 aromatic heterocycles. The van der Waals surface area contributed by atoms with Gasteiger partial charge in [-0.3, -0.25) is 4.40 Å². The molecule has 0 saturated carbocycles. The lowest BCUT2D eigenvalue weighted by Crippen LogP contribution is -2.20. The molecular weight excluding hydrogens is 280 g/mol. The Morgan fingerprint density at radius 2 is 1.86 bits per heavy atom. The summed E-state index contributed by atoms with van der Waals surface area (Å²) in [5.74, 6) is 2.45. The Hall–Kier alpha value is -3.03. The molecule has 0 spiro atoms. The summed E-state index contributed by atoms with van der Waals surface area (Å²) in [6, 6.07) is 9.67. The fraction of sp³-hybridized carbons (Fsp3) is 0.214. The van der Waals surface area contributed by atoms with Crippen LogP contribution in [0.2, 0.25) is 0 Å². The van der Waals surface area contributed by atoms with Crippen LogP contribution in [0.3, 0.4) is 0 Å². The van der Waals surface area contributed by atoms with Crippen molar-refractivity contribution >= 4 is 17.1 Å². The highest BCUT2D eigenvalue weighted by Crippen LogP contribution is 2.13. The summed E-state index contributed by atoms with van der Waals surface area (Å²) in [6.07, 6.45) is 1.96. The number of hydrogen-bond acceptors (Lipinski definition) is 6. The zero-order valence-corrected chi connectivity index (χ0v) is 12.2. The third kappa shape index (κ3) is 1.96. The van der Waals surface area contributed by atoms with Gasteiger partial charge in [-0.15, -0.1) is 25.5 Å². The van der Waals surface area contributed by atoms with E-state index in [-0.39, 0.29) is 0 Å². The highest BCUT2D eigenvalue weighted by Gasteiger charge is 2.11. The molecule has 0 aromatic carbocycles. The van der Waals surface area contributed by atoms with Crippen LogP contribution >= 0.6 is 0 Å². The van der Waals surface area contributed by atoms with E-state index >= 15 is 0 Å². The van der Waals surface area contributed by atoms with E-state index in [0.29, 0.717) is 6.54 Å². The van der Waals surface area contributed by atoms with Crippen molar-refractivity contribution in [1.82, 2.24) is 34.4 Å². The molecule has 4 heterocycles. The third-order valence-electron chi connectivity index (χ3n) is 3.56. The molecule has 22 heavy (non-hydrogen) atoms. The zero-order chi connectivity index (χ0) is 15.1. The summed E-state index contributed by atoms with van der Waals surface area (Å²) in [5.41, 5.74) is 1.58. The van der Waals surface area contributed by atoms with Gasteiger partial charge in [0.15, 0.2) is 22.9 Å². The first-order valence-corrected chi connectivity index (χ1v) is 6.91. The smallest absolute Gasteiger partial charge is 0.178 e. The van der Waals surface area contributed by atoms with Gasteiger partial charge >= 0.3 is 0 Å². The van der Waals surface area contributed by atoms with Gasteiger partial charge in [0.05, 0.1) is 6.54 Å². The summed E-state index contributed by atoms with van der Waals surface area (Å²) in [5, 5.41) is 21.0. The fourth-order valence-electron chi connectivity index (χ4n) is 2.38. The molecule has 0 saturated heterocycles. The largest absolute Gasteiger partial charge is 0.351 e. The Morgan fingerprint density at radius 1 is 1.00 bits per heavy atom. The Labute approximate surface area is 126 Å². The monoisotopic (exact) mass is 294 g/mol. The summed E-state index contributed by atoms with van der Waals surface area (Å²) < 4.78 is 3.70. The maximum atomic E-state index is 4.56. The quantitative estimate of drug-likeness (QED) is 0.563. The number of anilines is 1. The van der Waals surface area contributed by atoms with Crippen molar-refractivity contribution < 1.29 is 0 Å². The van der Waals surface area contributed by atoms with Crippen molar-refractivity contribution in [2.24, 2.45) is 0 Å². The van der Waals surface area contributed by atoms with Crippen LogP contribution in [-0.4, -0.2) is 41.5 Å². The lowest BCUT2D eigenvalue weighted by Gasteiger charge is -2.16. The Kier molecular flexibility index (Phi) is 2.75. The minimum absolute atomic E-state index is 0.602. The molecule has 0 N–H and O–H groups in total. The molecular formula is C14H14N8. The van der Waals surface area contributed by atoms with Crippen LogP contribution in [0.25, 0.3) is 11.3 Å². The SMILES string of the molecule is Cc1nnc2ccc(N(C)Cc3nnc4ccccn34)nn12. The van der Waals surface area contributed by atoms with E-state index in [1.165, 1.54) is 0 Å². The van der Waals surface area contributed by atoms with Crippen LogP contribution in [0.15, 0.2) is 36.5 Å². The van der Waals surface area contributed by atoms with Gasteiger partial charge in [0.2, 0.25) is 0 Å². The summed E-state index contributed by atoms with van der Waals surface area (Å²) >= 11 is 0. The van der Waals surface area contributed by atoms with E-state index in [1.807, 2.05) is 59.8 Å². The number of pyridine rings is 1. The topological polar surface area (TPSA) is 76.5 Å². The molecule has 0 unspecified atom stereocenters. The number of fused-ring (bicyclic) bond motifs is 2. The predicted molar refractivity (Wildman–Crippen MR) is 80.6 cm³/mol. The molecule has 8 nitrogen and oxygen atoms in total. The van der Waals surface area contributed by atoms with Crippen LogP contribution in [0.5, 0.6) is 0 Å². The summed E-state index contributed by atoms with van der Waals surface area (Å²) in [4.78, 5) is 2.02. The van der Waals surface area contributed by atoms with Crippen molar-refractivity contribution in [3.05, 3.63) is 48.2 Å². The summed E-state index contributed by atoms with van der Waals surface area (Å²) in [6.45, 7) is 2.48. The average Bonchev–Trinajstić information content (AvgIpc) is 3.12. The molecule has 0 aliphatic rings. The molecule has 0 amide bonds. The molecule has 0 radical (unpaired) electrons. The highest BCUT2D eigenvalue weighted by molar-refractivity contribution is 5.45. The highest BCUT2D eigenvalue weighted by atomic mass is 15.4. The van der Waals surface area contributed by atoms with E-state index in [2.05, 4.69) is 25.5 Å². The van der Waals surface area contributed by atoms with Crippen LogP contribution in [0, 0.1) is 6.92 Å². The average molecular weight is 294 g/mol. The summed E-state index contributed by atoms with van der Waals surface area (Å²) in [7, 11) is 1.97. The number of hydrogen-bond donors (Lipinski definition) is 0. The zero-order valence-electron chi connectivity index (χ0n) is 12.2. The molecule has 0 aliphatic carbocycles. The van der Waals surface area contributed by atoms with Gasteiger partial charge in [-0.2, -0.15) is 4.52 Å². The maximum absolute atomic E-state index is 4.56. The van der Waals surface area contributed by atoms with E-state index in [9.17, 15) is 0 Å². The first kappa shape index (κ1) is 12.7.